The van der Waals surface area contributed by atoms with E-state index in [-0.39, 0.29) is 6.10 Å². The van der Waals surface area contributed by atoms with E-state index in [0.717, 1.165) is 5.56 Å². The summed E-state index contributed by atoms with van der Waals surface area (Å²) >= 11 is 5.93. The van der Waals surface area contributed by atoms with Crippen molar-refractivity contribution in [1.82, 2.24) is 15.0 Å². The van der Waals surface area contributed by atoms with Gasteiger partial charge in [0.2, 0.25) is 5.88 Å². The summed E-state index contributed by atoms with van der Waals surface area (Å²) in [5.74, 6) is 1.16. The van der Waals surface area contributed by atoms with Crippen molar-refractivity contribution in [1.29, 1.82) is 0 Å². The summed E-state index contributed by atoms with van der Waals surface area (Å²) in [6, 6.07) is 3.81. The van der Waals surface area contributed by atoms with Gasteiger partial charge in [0, 0.05) is 30.7 Å². The maximum absolute atomic E-state index is 5.93. The summed E-state index contributed by atoms with van der Waals surface area (Å²) in [7, 11) is 0. The van der Waals surface area contributed by atoms with Crippen molar-refractivity contribution >= 4 is 17.4 Å². The number of anilines is 1. The van der Waals surface area contributed by atoms with Crippen LogP contribution in [0.15, 0.2) is 30.7 Å². The molecule has 19 heavy (non-hydrogen) atoms. The van der Waals surface area contributed by atoms with Crippen LogP contribution in [0.25, 0.3) is 0 Å². The number of nitrogens with one attached hydrogen (secondary N) is 1. The van der Waals surface area contributed by atoms with Crippen molar-refractivity contribution in [2.45, 2.75) is 26.5 Å². The average Bonchev–Trinajstić information content (AvgIpc) is 2.39. The molecule has 2 rings (SSSR count). The molecule has 0 atom stereocenters. The van der Waals surface area contributed by atoms with Gasteiger partial charge < -0.3 is 10.1 Å². The summed E-state index contributed by atoms with van der Waals surface area (Å²) < 4.78 is 5.64. The lowest BCUT2D eigenvalue weighted by Gasteiger charge is -2.13. The van der Waals surface area contributed by atoms with Crippen molar-refractivity contribution in [3.05, 3.63) is 41.4 Å². The zero-order valence-corrected chi connectivity index (χ0v) is 11.6. The predicted molar refractivity (Wildman–Crippen MR) is 74.4 cm³/mol. The number of nitrogens with zero attached hydrogens (tertiary/aromatic N) is 3. The number of ether oxygens (including phenoxy) is 1. The number of halogens is 1. The average molecular weight is 279 g/mol. The van der Waals surface area contributed by atoms with E-state index in [1.807, 2.05) is 26.0 Å². The minimum Gasteiger partial charge on any atom is -0.475 e. The predicted octanol–water partition coefficient (Wildman–Crippen LogP) is 2.92. The maximum Gasteiger partial charge on any atom is 0.218 e. The van der Waals surface area contributed by atoms with Gasteiger partial charge in [-0.05, 0) is 19.9 Å². The topological polar surface area (TPSA) is 59.9 Å². The Morgan fingerprint density at radius 2 is 2.00 bits per heavy atom. The summed E-state index contributed by atoms with van der Waals surface area (Å²) in [6.45, 7) is 4.45. The minimum absolute atomic E-state index is 0.0776. The molecular formula is C13H15ClN4O. The first-order valence-corrected chi connectivity index (χ1v) is 6.35. The molecule has 6 heteroatoms. The Morgan fingerprint density at radius 1 is 1.21 bits per heavy atom. The zero-order valence-electron chi connectivity index (χ0n) is 10.8. The second kappa shape index (κ2) is 6.33. The Bertz CT molecular complexity index is 548. The highest BCUT2D eigenvalue weighted by Crippen LogP contribution is 2.19. The molecule has 2 aromatic heterocycles. The second-order valence-electron chi connectivity index (χ2n) is 4.18. The first-order valence-electron chi connectivity index (χ1n) is 5.97. The number of hydrogen-bond acceptors (Lipinski definition) is 5. The van der Waals surface area contributed by atoms with Crippen LogP contribution in [-0.4, -0.2) is 21.1 Å². The van der Waals surface area contributed by atoms with Crippen LogP contribution in [0.5, 0.6) is 5.88 Å². The largest absolute Gasteiger partial charge is 0.475 e. The highest BCUT2D eigenvalue weighted by atomic mass is 35.5. The maximum atomic E-state index is 5.93. The molecule has 0 spiro atoms. The fourth-order valence-corrected chi connectivity index (χ4v) is 1.68. The van der Waals surface area contributed by atoms with Crippen molar-refractivity contribution < 1.29 is 4.74 Å². The molecular weight excluding hydrogens is 264 g/mol. The lowest BCUT2D eigenvalue weighted by Crippen LogP contribution is -2.11. The van der Waals surface area contributed by atoms with Gasteiger partial charge in [0.25, 0.3) is 0 Å². The molecule has 0 amide bonds. The zero-order chi connectivity index (χ0) is 13.7. The van der Waals surface area contributed by atoms with E-state index >= 15 is 0 Å². The van der Waals surface area contributed by atoms with Gasteiger partial charge in [-0.3, -0.25) is 0 Å². The molecule has 0 unspecified atom stereocenters. The third kappa shape index (κ3) is 3.79. The molecule has 0 aliphatic heterocycles. The second-order valence-corrected chi connectivity index (χ2v) is 4.54. The Morgan fingerprint density at radius 3 is 2.74 bits per heavy atom. The molecule has 0 radical (unpaired) electrons. The number of rotatable bonds is 5. The molecule has 0 saturated carbocycles. The van der Waals surface area contributed by atoms with Crippen LogP contribution >= 0.6 is 11.6 Å². The Labute approximate surface area is 117 Å². The summed E-state index contributed by atoms with van der Waals surface area (Å²) in [6.07, 6.45) is 4.92. The third-order valence-corrected chi connectivity index (χ3v) is 2.57. The molecule has 1 N–H and O–H groups in total. The van der Waals surface area contributed by atoms with Crippen LogP contribution in [0.1, 0.15) is 19.4 Å². The molecule has 0 fully saturated rings. The first-order chi connectivity index (χ1) is 9.16. The first kappa shape index (κ1) is 13.5. The van der Waals surface area contributed by atoms with Gasteiger partial charge in [0.1, 0.15) is 0 Å². The van der Waals surface area contributed by atoms with Crippen LogP contribution in [0.3, 0.4) is 0 Å². The van der Waals surface area contributed by atoms with Gasteiger partial charge in [0.05, 0.1) is 6.10 Å². The van der Waals surface area contributed by atoms with Gasteiger partial charge in [-0.25, -0.2) is 15.0 Å². The van der Waals surface area contributed by atoms with Crippen LogP contribution in [0.2, 0.25) is 5.15 Å². The minimum atomic E-state index is 0.0776. The normalized spacial score (nSPS) is 10.5. The molecule has 100 valence electrons. The Kier molecular flexibility index (Phi) is 4.52. The van der Waals surface area contributed by atoms with E-state index in [9.17, 15) is 0 Å². The van der Waals surface area contributed by atoms with E-state index in [1.54, 1.807) is 18.6 Å². The molecule has 2 aromatic rings. The van der Waals surface area contributed by atoms with E-state index < -0.39 is 0 Å². The fraction of sp³-hybridized carbons (Fsp3) is 0.308. The van der Waals surface area contributed by atoms with Gasteiger partial charge in [0.15, 0.2) is 11.0 Å². The number of aromatic nitrogens is 3. The number of pyridine rings is 1. The molecule has 0 aliphatic rings. The van der Waals surface area contributed by atoms with E-state index in [2.05, 4.69) is 20.3 Å². The SMILES string of the molecule is CC(C)Oc1ncccc1CNc1nccnc1Cl. The summed E-state index contributed by atoms with van der Waals surface area (Å²) in [5, 5.41) is 3.46. The Balaban J connectivity index is 2.09. The lowest BCUT2D eigenvalue weighted by molar-refractivity contribution is 0.230. The quantitative estimate of drug-likeness (QED) is 0.911. The molecule has 2 heterocycles. The smallest absolute Gasteiger partial charge is 0.218 e. The van der Waals surface area contributed by atoms with Crippen LogP contribution in [-0.2, 0) is 6.54 Å². The molecule has 5 nitrogen and oxygen atoms in total. The third-order valence-electron chi connectivity index (χ3n) is 2.30. The van der Waals surface area contributed by atoms with Crippen molar-refractivity contribution in [2.24, 2.45) is 0 Å². The lowest BCUT2D eigenvalue weighted by atomic mass is 10.2. The number of hydrogen-bond donors (Lipinski definition) is 1. The van der Waals surface area contributed by atoms with E-state index in [4.69, 9.17) is 16.3 Å². The van der Waals surface area contributed by atoms with Crippen molar-refractivity contribution in [2.75, 3.05) is 5.32 Å². The highest BCUT2D eigenvalue weighted by molar-refractivity contribution is 6.31. The van der Waals surface area contributed by atoms with Crippen LogP contribution < -0.4 is 10.1 Å². The van der Waals surface area contributed by atoms with Gasteiger partial charge in [-0.15, -0.1) is 0 Å². The van der Waals surface area contributed by atoms with Crippen molar-refractivity contribution in [3.63, 3.8) is 0 Å². The Hall–Kier alpha value is -1.88. The van der Waals surface area contributed by atoms with Gasteiger partial charge in [-0.2, -0.15) is 0 Å². The summed E-state index contributed by atoms with van der Waals surface area (Å²) in [4.78, 5) is 12.3. The summed E-state index contributed by atoms with van der Waals surface area (Å²) in [5.41, 5.74) is 0.943. The standard InChI is InChI=1S/C13H15ClN4O/c1-9(2)19-13-10(4-3-5-17-13)8-18-12-11(14)15-6-7-16-12/h3-7,9H,8H2,1-2H3,(H,16,18). The molecule has 0 aliphatic carbocycles. The molecule has 0 saturated heterocycles. The van der Waals surface area contributed by atoms with Gasteiger partial charge in [-0.1, -0.05) is 17.7 Å². The van der Waals surface area contributed by atoms with Gasteiger partial charge >= 0.3 is 0 Å². The highest BCUT2D eigenvalue weighted by Gasteiger charge is 2.08. The molecule has 0 bridgehead atoms. The van der Waals surface area contributed by atoms with E-state index in [1.165, 1.54) is 0 Å². The van der Waals surface area contributed by atoms with Crippen LogP contribution in [0.4, 0.5) is 5.82 Å². The monoisotopic (exact) mass is 278 g/mol. The molecule has 0 aromatic carbocycles. The van der Waals surface area contributed by atoms with Crippen LogP contribution in [0, 0.1) is 0 Å². The van der Waals surface area contributed by atoms with Crippen molar-refractivity contribution in [3.8, 4) is 5.88 Å². The van der Waals surface area contributed by atoms with E-state index in [0.29, 0.717) is 23.4 Å². The fourth-order valence-electron chi connectivity index (χ4n) is 1.51.